The first-order valence-electron chi connectivity index (χ1n) is 10.5. The summed E-state index contributed by atoms with van der Waals surface area (Å²) in [6.45, 7) is 4.85. The van der Waals surface area contributed by atoms with Gasteiger partial charge in [-0.25, -0.2) is 8.42 Å². The second-order valence-electron chi connectivity index (χ2n) is 7.92. The molecule has 4 rings (SSSR count). The number of hydrogen-bond acceptors (Lipinski definition) is 5. The van der Waals surface area contributed by atoms with Crippen molar-refractivity contribution < 1.29 is 17.6 Å². The monoisotopic (exact) mass is 441 g/mol. The van der Waals surface area contributed by atoms with Crippen molar-refractivity contribution in [3.8, 4) is 0 Å². The second kappa shape index (κ2) is 8.82. The van der Waals surface area contributed by atoms with Gasteiger partial charge in [-0.05, 0) is 63.1 Å². The molecule has 0 radical (unpaired) electrons. The van der Waals surface area contributed by atoms with Gasteiger partial charge in [-0.15, -0.1) is 0 Å². The summed E-state index contributed by atoms with van der Waals surface area (Å²) < 4.78 is 32.6. The Labute approximate surface area is 182 Å². The number of anilines is 1. The molecule has 3 aromatic rings. The van der Waals surface area contributed by atoms with E-state index in [2.05, 4.69) is 10.6 Å². The molecular formula is C23H27N3O4S. The fourth-order valence-corrected chi connectivity index (χ4v) is 5.30. The molecule has 8 heteroatoms. The Kier molecular flexibility index (Phi) is 6.13. The molecule has 2 heterocycles. The number of carbonyl (C=O) groups is 1. The molecule has 0 spiro atoms. The smallest absolute Gasteiger partial charge is 0.243 e. The average molecular weight is 442 g/mol. The Bertz CT molecular complexity index is 1130. The lowest BCUT2D eigenvalue weighted by Gasteiger charge is -2.19. The molecule has 2 N–H and O–H groups in total. The van der Waals surface area contributed by atoms with E-state index in [0.717, 1.165) is 29.6 Å². The van der Waals surface area contributed by atoms with E-state index in [4.69, 9.17) is 4.42 Å². The van der Waals surface area contributed by atoms with Crippen LogP contribution in [0.1, 0.15) is 38.5 Å². The van der Waals surface area contributed by atoms with Crippen molar-refractivity contribution in [2.75, 3.05) is 18.4 Å². The van der Waals surface area contributed by atoms with Crippen LogP contribution in [0.15, 0.2) is 63.9 Å². The van der Waals surface area contributed by atoms with Gasteiger partial charge in [-0.2, -0.15) is 4.31 Å². The zero-order valence-electron chi connectivity index (χ0n) is 17.7. The van der Waals surface area contributed by atoms with Crippen molar-refractivity contribution in [3.63, 3.8) is 0 Å². The van der Waals surface area contributed by atoms with Crippen LogP contribution in [0.2, 0.25) is 0 Å². The summed E-state index contributed by atoms with van der Waals surface area (Å²) in [7, 11) is -3.46. The topological polar surface area (TPSA) is 91.7 Å². The van der Waals surface area contributed by atoms with E-state index < -0.39 is 16.1 Å². The van der Waals surface area contributed by atoms with Crippen LogP contribution in [0.5, 0.6) is 0 Å². The first-order valence-corrected chi connectivity index (χ1v) is 11.9. The summed E-state index contributed by atoms with van der Waals surface area (Å²) in [5.74, 6) is 0.551. The normalized spacial score (nSPS) is 17.0. The maximum atomic E-state index is 12.6. The predicted octanol–water partition coefficient (Wildman–Crippen LogP) is 3.90. The number of para-hydroxylation sites is 1. The number of sulfonamides is 1. The molecule has 2 atom stereocenters. The molecule has 0 unspecified atom stereocenters. The molecular weight excluding hydrogens is 414 g/mol. The number of carbonyl (C=O) groups excluding carboxylic acids is 1. The van der Waals surface area contributed by atoms with Crippen LogP contribution in [0.3, 0.4) is 0 Å². The predicted molar refractivity (Wildman–Crippen MR) is 120 cm³/mol. The molecule has 0 aliphatic carbocycles. The Balaban J connectivity index is 1.37. The van der Waals surface area contributed by atoms with Gasteiger partial charge in [0.25, 0.3) is 0 Å². The van der Waals surface area contributed by atoms with Crippen molar-refractivity contribution in [1.82, 2.24) is 9.62 Å². The van der Waals surface area contributed by atoms with Crippen molar-refractivity contribution in [1.29, 1.82) is 0 Å². The summed E-state index contributed by atoms with van der Waals surface area (Å²) >= 11 is 0. The highest BCUT2D eigenvalue weighted by atomic mass is 32.2. The Hall–Kier alpha value is -2.68. The molecule has 164 valence electrons. The molecule has 7 nitrogen and oxygen atoms in total. The highest BCUT2D eigenvalue weighted by Crippen LogP contribution is 2.24. The number of nitrogens with zero attached hydrogens (tertiary/aromatic N) is 1. The fourth-order valence-electron chi connectivity index (χ4n) is 3.79. The summed E-state index contributed by atoms with van der Waals surface area (Å²) in [6.07, 6.45) is 1.79. The van der Waals surface area contributed by atoms with Gasteiger partial charge in [0.2, 0.25) is 15.9 Å². The van der Waals surface area contributed by atoms with E-state index in [9.17, 15) is 13.2 Å². The summed E-state index contributed by atoms with van der Waals surface area (Å²) in [4.78, 5) is 12.9. The quantitative estimate of drug-likeness (QED) is 0.580. The number of amides is 1. The van der Waals surface area contributed by atoms with Crippen LogP contribution in [-0.4, -0.2) is 37.8 Å². The summed E-state index contributed by atoms with van der Waals surface area (Å²) in [6, 6.07) is 15.4. The molecule has 1 aliphatic heterocycles. The van der Waals surface area contributed by atoms with E-state index in [1.165, 1.54) is 4.31 Å². The fraction of sp³-hybridized carbons (Fsp3) is 0.348. The van der Waals surface area contributed by atoms with Crippen LogP contribution >= 0.6 is 0 Å². The highest BCUT2D eigenvalue weighted by Gasteiger charge is 2.27. The van der Waals surface area contributed by atoms with Crippen LogP contribution < -0.4 is 10.6 Å². The van der Waals surface area contributed by atoms with Crippen LogP contribution in [0.25, 0.3) is 11.0 Å². The SMILES string of the molecule is C[C@H](N[C@H](C)C(=O)Nc1ccc(S(=O)(=O)N2CCCC2)cc1)c1cc2ccccc2o1. The minimum absolute atomic E-state index is 0.152. The molecule has 1 saturated heterocycles. The molecule has 0 bridgehead atoms. The Morgan fingerprint density at radius 2 is 1.71 bits per heavy atom. The van der Waals surface area contributed by atoms with Gasteiger partial charge in [0, 0.05) is 24.2 Å². The largest absolute Gasteiger partial charge is 0.459 e. The minimum atomic E-state index is -3.46. The third-order valence-corrected chi connectivity index (χ3v) is 7.50. The summed E-state index contributed by atoms with van der Waals surface area (Å²) in [5, 5.41) is 7.09. The van der Waals surface area contributed by atoms with Gasteiger partial charge in [0.15, 0.2) is 0 Å². The molecule has 1 fully saturated rings. The molecule has 1 aromatic heterocycles. The van der Waals surface area contributed by atoms with Gasteiger partial charge in [0.1, 0.15) is 11.3 Å². The van der Waals surface area contributed by atoms with Gasteiger partial charge >= 0.3 is 0 Å². The van der Waals surface area contributed by atoms with E-state index >= 15 is 0 Å². The number of furan rings is 1. The first-order chi connectivity index (χ1) is 14.8. The maximum Gasteiger partial charge on any atom is 0.243 e. The minimum Gasteiger partial charge on any atom is -0.459 e. The van der Waals surface area contributed by atoms with Crippen molar-refractivity contribution >= 4 is 32.6 Å². The highest BCUT2D eigenvalue weighted by molar-refractivity contribution is 7.89. The lowest BCUT2D eigenvalue weighted by Crippen LogP contribution is -2.39. The maximum absolute atomic E-state index is 12.6. The third-order valence-electron chi connectivity index (χ3n) is 5.59. The van der Waals surface area contributed by atoms with E-state index in [1.54, 1.807) is 31.2 Å². The number of rotatable bonds is 7. The first kappa shape index (κ1) is 21.5. The molecule has 31 heavy (non-hydrogen) atoms. The van der Waals surface area contributed by atoms with Crippen molar-refractivity contribution in [2.45, 2.75) is 43.7 Å². The van der Waals surface area contributed by atoms with E-state index in [0.29, 0.717) is 18.8 Å². The Morgan fingerprint density at radius 3 is 2.39 bits per heavy atom. The standard InChI is InChI=1S/C23H27N3O4S/c1-16(22-15-18-7-3-4-8-21(18)30-22)24-17(2)23(27)25-19-9-11-20(12-10-19)31(28,29)26-13-5-6-14-26/h3-4,7-12,15-17,24H,5-6,13-14H2,1-2H3,(H,25,27)/t16-,17+/m0/s1. The van der Waals surface area contributed by atoms with Crippen LogP contribution in [-0.2, 0) is 14.8 Å². The number of benzene rings is 2. The molecule has 0 saturated carbocycles. The van der Waals surface area contributed by atoms with Crippen molar-refractivity contribution in [3.05, 3.63) is 60.4 Å². The molecule has 1 aliphatic rings. The van der Waals surface area contributed by atoms with Gasteiger partial charge in [-0.3, -0.25) is 10.1 Å². The number of fused-ring (bicyclic) bond motifs is 1. The lowest BCUT2D eigenvalue weighted by atomic mass is 10.2. The van der Waals surface area contributed by atoms with E-state index in [-0.39, 0.29) is 16.8 Å². The zero-order chi connectivity index (χ0) is 22.0. The Morgan fingerprint density at radius 1 is 1.03 bits per heavy atom. The second-order valence-corrected chi connectivity index (χ2v) is 9.86. The van der Waals surface area contributed by atoms with E-state index in [1.807, 2.05) is 37.3 Å². The zero-order valence-corrected chi connectivity index (χ0v) is 18.5. The lowest BCUT2D eigenvalue weighted by molar-refractivity contribution is -0.118. The van der Waals surface area contributed by atoms with Crippen molar-refractivity contribution in [2.24, 2.45) is 0 Å². The number of nitrogens with one attached hydrogen (secondary N) is 2. The van der Waals surface area contributed by atoms with Gasteiger partial charge < -0.3 is 9.73 Å². The van der Waals surface area contributed by atoms with Gasteiger partial charge in [0.05, 0.1) is 17.0 Å². The summed E-state index contributed by atoms with van der Waals surface area (Å²) in [5.41, 5.74) is 1.36. The van der Waals surface area contributed by atoms with Crippen LogP contribution in [0, 0.1) is 0 Å². The van der Waals surface area contributed by atoms with Crippen LogP contribution in [0.4, 0.5) is 5.69 Å². The molecule has 2 aromatic carbocycles. The van der Waals surface area contributed by atoms with Gasteiger partial charge in [-0.1, -0.05) is 18.2 Å². The molecule has 1 amide bonds. The average Bonchev–Trinajstić information content (AvgIpc) is 3.44. The third kappa shape index (κ3) is 4.66. The number of hydrogen-bond donors (Lipinski definition) is 2.